The van der Waals surface area contributed by atoms with Crippen molar-refractivity contribution in [2.45, 2.75) is 53.4 Å². The van der Waals surface area contributed by atoms with Crippen LogP contribution in [0.25, 0.3) is 0 Å². The Hall–Kier alpha value is -0.260. The fraction of sp³-hybridized carbons (Fsp3) is 0.833. The third-order valence-corrected chi connectivity index (χ3v) is 3.46. The van der Waals surface area contributed by atoms with Gasteiger partial charge in [-0.25, -0.2) is 0 Å². The molecule has 0 bridgehead atoms. The molecule has 0 unspecified atom stereocenters. The van der Waals surface area contributed by atoms with Crippen LogP contribution >= 0.6 is 0 Å². The summed E-state index contributed by atoms with van der Waals surface area (Å²) >= 11 is 0. The van der Waals surface area contributed by atoms with Gasteiger partial charge in [-0.2, -0.15) is 0 Å². The first-order valence-electron chi connectivity index (χ1n) is 5.38. The zero-order valence-electron chi connectivity index (χ0n) is 8.98. The average Bonchev–Trinajstić information content (AvgIpc) is 2.09. The summed E-state index contributed by atoms with van der Waals surface area (Å²) in [6.45, 7) is 9.39. The van der Waals surface area contributed by atoms with E-state index in [9.17, 15) is 0 Å². The zero-order valence-corrected chi connectivity index (χ0v) is 8.98. The van der Waals surface area contributed by atoms with Gasteiger partial charge in [-0.05, 0) is 37.5 Å². The molecule has 12 heavy (non-hydrogen) atoms. The molecular formula is C12H22. The van der Waals surface area contributed by atoms with Crippen molar-refractivity contribution in [2.24, 2.45) is 11.8 Å². The fourth-order valence-electron chi connectivity index (χ4n) is 2.26. The van der Waals surface area contributed by atoms with E-state index in [0.717, 1.165) is 11.8 Å². The monoisotopic (exact) mass is 166 g/mol. The minimum atomic E-state index is 0.912. The van der Waals surface area contributed by atoms with Crippen LogP contribution < -0.4 is 0 Å². The third kappa shape index (κ3) is 1.91. The van der Waals surface area contributed by atoms with Gasteiger partial charge >= 0.3 is 0 Å². The topological polar surface area (TPSA) is 0 Å². The summed E-state index contributed by atoms with van der Waals surface area (Å²) in [4.78, 5) is 0. The summed E-state index contributed by atoms with van der Waals surface area (Å²) < 4.78 is 0. The van der Waals surface area contributed by atoms with Crippen LogP contribution in [0.4, 0.5) is 0 Å². The molecule has 1 aliphatic carbocycles. The molecular weight excluding hydrogens is 144 g/mol. The van der Waals surface area contributed by atoms with Crippen LogP contribution in [-0.4, -0.2) is 0 Å². The predicted octanol–water partition coefficient (Wildman–Crippen LogP) is 4.17. The molecule has 0 aromatic heterocycles. The molecule has 1 rings (SSSR count). The Kier molecular flexibility index (Phi) is 3.37. The normalized spacial score (nSPS) is 31.0. The van der Waals surface area contributed by atoms with Crippen LogP contribution in [0.15, 0.2) is 11.1 Å². The van der Waals surface area contributed by atoms with E-state index >= 15 is 0 Å². The maximum atomic E-state index is 2.40. The lowest BCUT2D eigenvalue weighted by Crippen LogP contribution is -2.16. The second-order valence-electron chi connectivity index (χ2n) is 4.28. The van der Waals surface area contributed by atoms with Crippen LogP contribution in [0, 0.1) is 11.8 Å². The molecule has 0 nitrogen and oxygen atoms in total. The largest absolute Gasteiger partial charge is 0.0710 e. The standard InChI is InChI=1S/C12H22/c1-5-11-7-9(3)10(4)8-12(11)6-2/h9-10H,5-8H2,1-4H3/t9-,10+. The van der Waals surface area contributed by atoms with E-state index in [0.29, 0.717) is 0 Å². The molecule has 0 saturated carbocycles. The van der Waals surface area contributed by atoms with Gasteiger partial charge in [0.1, 0.15) is 0 Å². The summed E-state index contributed by atoms with van der Waals surface area (Å²) in [5.41, 5.74) is 3.51. The quantitative estimate of drug-likeness (QED) is 0.540. The smallest absolute Gasteiger partial charge is 0.0289 e. The molecule has 0 aromatic carbocycles. The predicted molar refractivity (Wildman–Crippen MR) is 55.2 cm³/mol. The lowest BCUT2D eigenvalue weighted by Gasteiger charge is -2.29. The van der Waals surface area contributed by atoms with Crippen LogP contribution in [0.1, 0.15) is 53.4 Å². The van der Waals surface area contributed by atoms with Gasteiger partial charge in [0.15, 0.2) is 0 Å². The van der Waals surface area contributed by atoms with E-state index in [1.54, 1.807) is 11.1 Å². The lowest BCUT2D eigenvalue weighted by molar-refractivity contribution is 0.351. The average molecular weight is 166 g/mol. The molecule has 70 valence electrons. The Morgan fingerprint density at radius 2 is 1.25 bits per heavy atom. The van der Waals surface area contributed by atoms with Crippen molar-refractivity contribution in [2.75, 3.05) is 0 Å². The number of hydrogen-bond acceptors (Lipinski definition) is 0. The van der Waals surface area contributed by atoms with Gasteiger partial charge in [0, 0.05) is 0 Å². The molecule has 0 radical (unpaired) electrons. The highest BCUT2D eigenvalue weighted by Gasteiger charge is 2.21. The molecule has 1 aliphatic rings. The second kappa shape index (κ2) is 4.11. The van der Waals surface area contributed by atoms with Crippen molar-refractivity contribution >= 4 is 0 Å². The van der Waals surface area contributed by atoms with Gasteiger partial charge < -0.3 is 0 Å². The third-order valence-electron chi connectivity index (χ3n) is 3.46. The van der Waals surface area contributed by atoms with Crippen molar-refractivity contribution in [1.29, 1.82) is 0 Å². The van der Waals surface area contributed by atoms with E-state index in [-0.39, 0.29) is 0 Å². The van der Waals surface area contributed by atoms with E-state index in [4.69, 9.17) is 0 Å². The van der Waals surface area contributed by atoms with Crippen molar-refractivity contribution in [1.82, 2.24) is 0 Å². The zero-order chi connectivity index (χ0) is 9.14. The van der Waals surface area contributed by atoms with Crippen molar-refractivity contribution in [3.8, 4) is 0 Å². The van der Waals surface area contributed by atoms with Crippen LogP contribution in [-0.2, 0) is 0 Å². The fourth-order valence-corrected chi connectivity index (χ4v) is 2.26. The molecule has 0 amide bonds. The van der Waals surface area contributed by atoms with E-state index in [1.807, 2.05) is 0 Å². The minimum absolute atomic E-state index is 0.912. The van der Waals surface area contributed by atoms with Gasteiger partial charge in [-0.1, -0.05) is 38.8 Å². The highest BCUT2D eigenvalue weighted by molar-refractivity contribution is 5.18. The van der Waals surface area contributed by atoms with Gasteiger partial charge in [0.2, 0.25) is 0 Å². The molecule has 0 aliphatic heterocycles. The Morgan fingerprint density at radius 1 is 0.917 bits per heavy atom. The highest BCUT2D eigenvalue weighted by atomic mass is 14.3. The van der Waals surface area contributed by atoms with Crippen LogP contribution in [0.3, 0.4) is 0 Å². The molecule has 0 heterocycles. The summed E-state index contributed by atoms with van der Waals surface area (Å²) in [5, 5.41) is 0. The summed E-state index contributed by atoms with van der Waals surface area (Å²) in [6, 6.07) is 0. The number of allylic oxidation sites excluding steroid dienone is 2. The molecule has 0 aromatic rings. The Balaban J connectivity index is 2.75. The van der Waals surface area contributed by atoms with E-state index < -0.39 is 0 Å². The first kappa shape index (κ1) is 9.83. The first-order chi connectivity index (χ1) is 5.69. The molecule has 0 N–H and O–H groups in total. The van der Waals surface area contributed by atoms with Crippen LogP contribution in [0.5, 0.6) is 0 Å². The van der Waals surface area contributed by atoms with Crippen molar-refractivity contribution < 1.29 is 0 Å². The van der Waals surface area contributed by atoms with Gasteiger partial charge in [-0.15, -0.1) is 0 Å². The van der Waals surface area contributed by atoms with Gasteiger partial charge in [-0.3, -0.25) is 0 Å². The molecule has 2 atom stereocenters. The molecule has 0 heteroatoms. The van der Waals surface area contributed by atoms with Gasteiger partial charge in [0.05, 0.1) is 0 Å². The Bertz CT molecular complexity index is 156. The highest BCUT2D eigenvalue weighted by Crippen LogP contribution is 2.36. The van der Waals surface area contributed by atoms with Gasteiger partial charge in [0.25, 0.3) is 0 Å². The molecule has 0 saturated heterocycles. The maximum absolute atomic E-state index is 2.40. The number of rotatable bonds is 2. The van der Waals surface area contributed by atoms with Crippen LogP contribution in [0.2, 0.25) is 0 Å². The Morgan fingerprint density at radius 3 is 1.50 bits per heavy atom. The first-order valence-corrected chi connectivity index (χ1v) is 5.38. The minimum Gasteiger partial charge on any atom is -0.0710 e. The summed E-state index contributed by atoms with van der Waals surface area (Å²) in [7, 11) is 0. The lowest BCUT2D eigenvalue weighted by atomic mass is 9.76. The maximum Gasteiger partial charge on any atom is -0.0289 e. The van der Waals surface area contributed by atoms with Crippen molar-refractivity contribution in [3.05, 3.63) is 11.1 Å². The summed E-state index contributed by atoms with van der Waals surface area (Å²) in [5.74, 6) is 1.82. The molecule has 0 spiro atoms. The number of hydrogen-bond donors (Lipinski definition) is 0. The summed E-state index contributed by atoms with van der Waals surface area (Å²) in [6.07, 6.45) is 5.28. The van der Waals surface area contributed by atoms with E-state index in [1.165, 1.54) is 25.7 Å². The Labute approximate surface area is 77.1 Å². The van der Waals surface area contributed by atoms with E-state index in [2.05, 4.69) is 27.7 Å². The SMILES string of the molecule is CCC1=C(CC)C[C@H](C)[C@H](C)C1. The molecule has 0 fully saturated rings. The van der Waals surface area contributed by atoms with Crippen molar-refractivity contribution in [3.63, 3.8) is 0 Å². The second-order valence-corrected chi connectivity index (χ2v) is 4.28.